The SMILES string of the molecule is CCCc1ccc(-c2ccc3c(F)c(CCc4ccc(C(F)(F)F)cc4)ccc3c2)c(F)c1. The summed E-state index contributed by atoms with van der Waals surface area (Å²) in [4.78, 5) is 0. The van der Waals surface area contributed by atoms with Crippen LogP contribution in [0.5, 0.6) is 0 Å². The Morgan fingerprint density at radius 1 is 0.697 bits per heavy atom. The monoisotopic (exact) mass is 454 g/mol. The van der Waals surface area contributed by atoms with Gasteiger partial charge in [0, 0.05) is 10.9 Å². The van der Waals surface area contributed by atoms with Crippen molar-refractivity contribution in [3.05, 3.63) is 107 Å². The molecule has 33 heavy (non-hydrogen) atoms. The van der Waals surface area contributed by atoms with Crippen LogP contribution >= 0.6 is 0 Å². The van der Waals surface area contributed by atoms with E-state index in [9.17, 15) is 17.6 Å². The Morgan fingerprint density at radius 2 is 1.42 bits per heavy atom. The maximum Gasteiger partial charge on any atom is 0.416 e. The smallest absolute Gasteiger partial charge is 0.206 e. The van der Waals surface area contributed by atoms with Crippen LogP contribution in [-0.2, 0) is 25.4 Å². The molecular weight excluding hydrogens is 431 g/mol. The topological polar surface area (TPSA) is 0 Å². The van der Waals surface area contributed by atoms with Crippen molar-refractivity contribution in [2.24, 2.45) is 0 Å². The molecule has 0 heterocycles. The van der Waals surface area contributed by atoms with Crippen LogP contribution in [0, 0.1) is 11.6 Å². The first-order valence-corrected chi connectivity index (χ1v) is 10.9. The second kappa shape index (κ2) is 9.34. The summed E-state index contributed by atoms with van der Waals surface area (Å²) in [5.41, 5.74) is 2.60. The fourth-order valence-corrected chi connectivity index (χ4v) is 4.07. The van der Waals surface area contributed by atoms with Crippen LogP contribution in [0.25, 0.3) is 21.9 Å². The third-order valence-electron chi connectivity index (χ3n) is 5.88. The van der Waals surface area contributed by atoms with Crippen LogP contribution in [0.3, 0.4) is 0 Å². The summed E-state index contributed by atoms with van der Waals surface area (Å²) in [7, 11) is 0. The van der Waals surface area contributed by atoms with Crippen molar-refractivity contribution in [1.82, 2.24) is 0 Å². The number of hydrogen-bond donors (Lipinski definition) is 0. The van der Waals surface area contributed by atoms with E-state index in [4.69, 9.17) is 0 Å². The molecule has 0 amide bonds. The van der Waals surface area contributed by atoms with Gasteiger partial charge in [0.2, 0.25) is 0 Å². The van der Waals surface area contributed by atoms with Gasteiger partial charge < -0.3 is 0 Å². The summed E-state index contributed by atoms with van der Waals surface area (Å²) >= 11 is 0. The van der Waals surface area contributed by atoms with E-state index in [1.807, 2.05) is 13.0 Å². The van der Waals surface area contributed by atoms with Crippen LogP contribution in [-0.4, -0.2) is 0 Å². The summed E-state index contributed by atoms with van der Waals surface area (Å²) < 4.78 is 67.9. The number of halogens is 5. The van der Waals surface area contributed by atoms with Gasteiger partial charge in [0.25, 0.3) is 0 Å². The zero-order valence-corrected chi connectivity index (χ0v) is 18.1. The Hall–Kier alpha value is -3.21. The Labute approximate surface area is 189 Å². The number of alkyl halides is 3. The average Bonchev–Trinajstić information content (AvgIpc) is 2.78. The molecule has 0 saturated carbocycles. The molecule has 4 rings (SSSR count). The molecule has 0 radical (unpaired) electrons. The number of fused-ring (bicyclic) bond motifs is 1. The van der Waals surface area contributed by atoms with Crippen LogP contribution in [0.1, 0.15) is 35.6 Å². The van der Waals surface area contributed by atoms with Gasteiger partial charge in [0.15, 0.2) is 0 Å². The van der Waals surface area contributed by atoms with Gasteiger partial charge in [-0.05, 0) is 71.2 Å². The molecule has 0 nitrogen and oxygen atoms in total. The van der Waals surface area contributed by atoms with Gasteiger partial charge in [-0.2, -0.15) is 13.2 Å². The molecule has 0 atom stereocenters. The molecule has 0 N–H and O–H groups in total. The summed E-state index contributed by atoms with van der Waals surface area (Å²) in [6.45, 7) is 2.04. The van der Waals surface area contributed by atoms with Crippen LogP contribution < -0.4 is 0 Å². The predicted molar refractivity (Wildman–Crippen MR) is 122 cm³/mol. The third-order valence-corrected chi connectivity index (χ3v) is 5.88. The number of aryl methyl sites for hydroxylation is 3. The zero-order valence-electron chi connectivity index (χ0n) is 18.1. The van der Waals surface area contributed by atoms with E-state index in [0.29, 0.717) is 45.9 Å². The Bertz CT molecular complexity index is 1270. The fourth-order valence-electron chi connectivity index (χ4n) is 4.07. The summed E-state index contributed by atoms with van der Waals surface area (Å²) in [5, 5.41) is 1.10. The van der Waals surface area contributed by atoms with Crippen molar-refractivity contribution in [3.63, 3.8) is 0 Å². The van der Waals surface area contributed by atoms with E-state index in [1.54, 1.807) is 42.5 Å². The Kier molecular flexibility index (Phi) is 6.50. The molecule has 0 unspecified atom stereocenters. The minimum atomic E-state index is -4.37. The summed E-state index contributed by atoms with van der Waals surface area (Å²) in [5.74, 6) is -0.654. The lowest BCUT2D eigenvalue weighted by Gasteiger charge is -2.11. The van der Waals surface area contributed by atoms with Gasteiger partial charge >= 0.3 is 6.18 Å². The minimum absolute atomic E-state index is 0.297. The lowest BCUT2D eigenvalue weighted by atomic mass is 9.96. The van der Waals surface area contributed by atoms with E-state index in [1.165, 1.54) is 12.1 Å². The first-order valence-electron chi connectivity index (χ1n) is 10.9. The number of benzene rings is 4. The highest BCUT2D eigenvalue weighted by Crippen LogP contribution is 2.31. The zero-order chi connectivity index (χ0) is 23.6. The van der Waals surface area contributed by atoms with Gasteiger partial charge in [-0.1, -0.05) is 61.9 Å². The van der Waals surface area contributed by atoms with Crippen molar-refractivity contribution >= 4 is 10.8 Å². The normalized spacial score (nSPS) is 11.8. The van der Waals surface area contributed by atoms with E-state index < -0.39 is 11.7 Å². The second-order valence-corrected chi connectivity index (χ2v) is 8.23. The van der Waals surface area contributed by atoms with Crippen molar-refractivity contribution < 1.29 is 22.0 Å². The van der Waals surface area contributed by atoms with Gasteiger partial charge in [-0.3, -0.25) is 0 Å². The molecule has 170 valence electrons. The molecule has 0 aliphatic rings. The van der Waals surface area contributed by atoms with Crippen molar-refractivity contribution in [3.8, 4) is 11.1 Å². The molecule has 0 aliphatic heterocycles. The van der Waals surface area contributed by atoms with Crippen LogP contribution in [0.2, 0.25) is 0 Å². The molecule has 0 aromatic heterocycles. The standard InChI is InChI=1S/C28H23F5/c1-2-3-19-7-14-24(26(29)16-19)21-11-15-25-22(17-21)10-9-20(27(25)30)8-4-18-5-12-23(13-6-18)28(31,32)33/h5-7,9-17H,2-4,8H2,1H3. The lowest BCUT2D eigenvalue weighted by molar-refractivity contribution is -0.137. The molecule has 4 aromatic carbocycles. The molecule has 0 fully saturated rings. The maximum absolute atomic E-state index is 15.1. The number of rotatable bonds is 6. The Balaban J connectivity index is 1.55. The van der Waals surface area contributed by atoms with Crippen LogP contribution in [0.4, 0.5) is 22.0 Å². The molecule has 0 aliphatic carbocycles. The highest BCUT2D eigenvalue weighted by atomic mass is 19.4. The van der Waals surface area contributed by atoms with Gasteiger partial charge in [0.1, 0.15) is 11.6 Å². The molecule has 4 aromatic rings. The van der Waals surface area contributed by atoms with E-state index in [-0.39, 0.29) is 11.6 Å². The molecule has 0 bridgehead atoms. The molecule has 0 spiro atoms. The summed E-state index contributed by atoms with van der Waals surface area (Å²) in [6, 6.07) is 18.8. The largest absolute Gasteiger partial charge is 0.416 e. The molecule has 5 heteroatoms. The number of hydrogen-bond acceptors (Lipinski definition) is 0. The van der Waals surface area contributed by atoms with Gasteiger partial charge in [-0.15, -0.1) is 0 Å². The maximum atomic E-state index is 15.1. The van der Waals surface area contributed by atoms with Crippen LogP contribution in [0.15, 0.2) is 72.8 Å². The van der Waals surface area contributed by atoms with E-state index in [0.717, 1.165) is 30.5 Å². The molecular formula is C28H23F5. The second-order valence-electron chi connectivity index (χ2n) is 8.23. The first kappa shape index (κ1) is 23.0. The van der Waals surface area contributed by atoms with Crippen molar-refractivity contribution in [1.29, 1.82) is 0 Å². The predicted octanol–water partition coefficient (Wildman–Crippen LogP) is 8.54. The highest BCUT2D eigenvalue weighted by molar-refractivity contribution is 5.88. The third kappa shape index (κ3) is 5.08. The van der Waals surface area contributed by atoms with Gasteiger partial charge in [-0.25, -0.2) is 8.78 Å². The minimum Gasteiger partial charge on any atom is -0.206 e. The van der Waals surface area contributed by atoms with E-state index in [2.05, 4.69) is 0 Å². The summed E-state index contributed by atoms with van der Waals surface area (Å²) in [6.07, 6.45) is -1.83. The lowest BCUT2D eigenvalue weighted by Crippen LogP contribution is -2.04. The van der Waals surface area contributed by atoms with Crippen molar-refractivity contribution in [2.45, 2.75) is 38.8 Å². The average molecular weight is 454 g/mol. The quantitative estimate of drug-likeness (QED) is 0.256. The van der Waals surface area contributed by atoms with Gasteiger partial charge in [0.05, 0.1) is 5.56 Å². The van der Waals surface area contributed by atoms with E-state index >= 15 is 4.39 Å². The van der Waals surface area contributed by atoms with Crippen molar-refractivity contribution in [2.75, 3.05) is 0 Å². The first-order chi connectivity index (χ1) is 15.8. The Morgan fingerprint density at radius 3 is 2.09 bits per heavy atom. The fraction of sp³-hybridized carbons (Fsp3) is 0.214. The highest BCUT2D eigenvalue weighted by Gasteiger charge is 2.29. The molecule has 0 saturated heterocycles.